The van der Waals surface area contributed by atoms with E-state index in [0.717, 1.165) is 0 Å². The zero-order chi connectivity index (χ0) is 15.7. The highest BCUT2D eigenvalue weighted by atomic mass is 16.5. The lowest BCUT2D eigenvalue weighted by Crippen LogP contribution is -2.05. The highest BCUT2D eigenvalue weighted by molar-refractivity contribution is 6.11. The molecule has 0 aliphatic rings. The van der Waals surface area contributed by atoms with E-state index in [1.54, 1.807) is 46.5 Å². The van der Waals surface area contributed by atoms with E-state index in [9.17, 15) is 9.59 Å². The van der Waals surface area contributed by atoms with E-state index in [-0.39, 0.29) is 5.78 Å². The number of nitrogens with zero attached hydrogens (tertiary/aromatic N) is 2. The molecule has 0 N–H and O–H groups in total. The molecule has 0 aliphatic heterocycles. The number of carbonyl (C=O) groups excluding carboxylic acids is 2. The Bertz CT molecular complexity index is 844. The minimum atomic E-state index is -0.422. The van der Waals surface area contributed by atoms with Gasteiger partial charge in [0.1, 0.15) is 11.2 Å². The molecule has 5 heteroatoms. The summed E-state index contributed by atoms with van der Waals surface area (Å²) in [4.78, 5) is 24.8. The fourth-order valence-corrected chi connectivity index (χ4v) is 2.53. The molecule has 0 spiro atoms. The van der Waals surface area contributed by atoms with Crippen LogP contribution < -0.4 is 0 Å². The standard InChI is InChI=1S/C17H16N2O3/c1-3-22-17(21)13-11-14(19-10-9-18(2)16(13)19)15(20)12-7-5-4-6-8-12/h4-11H,3H2,1-2H3. The van der Waals surface area contributed by atoms with Crippen molar-refractivity contribution in [3.63, 3.8) is 0 Å². The van der Waals surface area contributed by atoms with Crippen LogP contribution in [0.5, 0.6) is 0 Å². The topological polar surface area (TPSA) is 52.7 Å². The van der Waals surface area contributed by atoms with E-state index in [0.29, 0.717) is 29.1 Å². The number of hydrogen-bond acceptors (Lipinski definition) is 3. The predicted molar refractivity (Wildman–Crippen MR) is 82.2 cm³/mol. The molecule has 0 amide bonds. The highest BCUT2D eigenvalue weighted by Gasteiger charge is 2.23. The third-order valence-electron chi connectivity index (χ3n) is 3.55. The summed E-state index contributed by atoms with van der Waals surface area (Å²) >= 11 is 0. The Balaban J connectivity index is 2.15. The van der Waals surface area contributed by atoms with E-state index in [1.807, 2.05) is 25.2 Å². The van der Waals surface area contributed by atoms with Gasteiger partial charge in [0.15, 0.2) is 0 Å². The Morgan fingerprint density at radius 3 is 2.55 bits per heavy atom. The molecule has 5 nitrogen and oxygen atoms in total. The SMILES string of the molecule is CCOC(=O)c1cc(C(=O)c2ccccc2)n2ccn(C)c12. The number of esters is 1. The fraction of sp³-hybridized carbons (Fsp3) is 0.176. The average molecular weight is 296 g/mol. The number of hydrogen-bond donors (Lipinski definition) is 0. The summed E-state index contributed by atoms with van der Waals surface area (Å²) in [5.41, 5.74) is 2.08. The smallest absolute Gasteiger partial charge is 0.341 e. The van der Waals surface area contributed by atoms with Gasteiger partial charge in [-0.2, -0.15) is 0 Å². The molecule has 1 aromatic carbocycles. The summed E-state index contributed by atoms with van der Waals surface area (Å²) in [5, 5.41) is 0. The maximum Gasteiger partial charge on any atom is 0.341 e. The van der Waals surface area contributed by atoms with Gasteiger partial charge in [-0.05, 0) is 13.0 Å². The van der Waals surface area contributed by atoms with E-state index in [1.165, 1.54) is 0 Å². The van der Waals surface area contributed by atoms with Crippen molar-refractivity contribution in [1.82, 2.24) is 8.97 Å². The van der Waals surface area contributed by atoms with Crippen molar-refractivity contribution in [2.45, 2.75) is 6.92 Å². The quantitative estimate of drug-likeness (QED) is 0.549. The lowest BCUT2D eigenvalue weighted by atomic mass is 10.1. The van der Waals surface area contributed by atoms with Crippen LogP contribution in [0.3, 0.4) is 0 Å². The van der Waals surface area contributed by atoms with Gasteiger partial charge in [0.2, 0.25) is 5.78 Å². The molecule has 0 aliphatic carbocycles. The molecule has 0 unspecified atom stereocenters. The minimum Gasteiger partial charge on any atom is -0.462 e. The molecular weight excluding hydrogens is 280 g/mol. The molecule has 0 saturated heterocycles. The number of aryl methyl sites for hydroxylation is 1. The molecule has 22 heavy (non-hydrogen) atoms. The minimum absolute atomic E-state index is 0.127. The van der Waals surface area contributed by atoms with Crippen LogP contribution in [0, 0.1) is 0 Å². The van der Waals surface area contributed by atoms with Crippen LogP contribution in [-0.4, -0.2) is 27.3 Å². The molecule has 2 heterocycles. The zero-order valence-electron chi connectivity index (χ0n) is 12.4. The first kappa shape index (κ1) is 14.1. The first-order valence-corrected chi connectivity index (χ1v) is 7.06. The van der Waals surface area contributed by atoms with Gasteiger partial charge in [-0.1, -0.05) is 30.3 Å². The Labute approximate surface area is 127 Å². The molecule has 3 aromatic rings. The van der Waals surface area contributed by atoms with Crippen LogP contribution in [0.2, 0.25) is 0 Å². The summed E-state index contributed by atoms with van der Waals surface area (Å²) < 4.78 is 8.61. The van der Waals surface area contributed by atoms with Gasteiger partial charge < -0.3 is 9.30 Å². The monoisotopic (exact) mass is 296 g/mol. The second-order valence-electron chi connectivity index (χ2n) is 4.96. The zero-order valence-corrected chi connectivity index (χ0v) is 12.4. The molecule has 0 atom stereocenters. The highest BCUT2D eigenvalue weighted by Crippen LogP contribution is 2.21. The van der Waals surface area contributed by atoms with Gasteiger partial charge in [0.25, 0.3) is 0 Å². The summed E-state index contributed by atoms with van der Waals surface area (Å²) in [6.45, 7) is 2.05. The van der Waals surface area contributed by atoms with Crippen molar-refractivity contribution in [3.05, 3.63) is 65.6 Å². The van der Waals surface area contributed by atoms with Crippen molar-refractivity contribution < 1.29 is 14.3 Å². The molecule has 112 valence electrons. The van der Waals surface area contributed by atoms with Crippen molar-refractivity contribution in [3.8, 4) is 0 Å². The third-order valence-corrected chi connectivity index (χ3v) is 3.55. The molecule has 0 radical (unpaired) electrons. The van der Waals surface area contributed by atoms with Crippen molar-refractivity contribution in [2.75, 3.05) is 6.61 Å². The molecule has 3 rings (SSSR count). The molecular formula is C17H16N2O3. The lowest BCUT2D eigenvalue weighted by molar-refractivity contribution is 0.0528. The van der Waals surface area contributed by atoms with Gasteiger partial charge in [0, 0.05) is 25.0 Å². The number of benzene rings is 1. The van der Waals surface area contributed by atoms with Crippen molar-refractivity contribution in [1.29, 1.82) is 0 Å². The van der Waals surface area contributed by atoms with Crippen LogP contribution in [0.15, 0.2) is 48.8 Å². The number of rotatable bonds is 4. The van der Waals surface area contributed by atoms with Crippen molar-refractivity contribution >= 4 is 17.4 Å². The normalized spacial score (nSPS) is 10.8. The maximum absolute atomic E-state index is 12.7. The molecule has 0 fully saturated rings. The van der Waals surface area contributed by atoms with Crippen LogP contribution in [0.25, 0.3) is 5.65 Å². The lowest BCUT2D eigenvalue weighted by Gasteiger charge is -2.00. The first-order chi connectivity index (χ1) is 10.6. The van der Waals surface area contributed by atoms with Gasteiger partial charge in [0.05, 0.1) is 12.3 Å². The summed E-state index contributed by atoms with van der Waals surface area (Å²) in [6, 6.07) is 10.6. The average Bonchev–Trinajstić information content (AvgIpc) is 3.09. The van der Waals surface area contributed by atoms with Crippen LogP contribution in [-0.2, 0) is 11.8 Å². The Kier molecular flexibility index (Phi) is 3.55. The number of aromatic nitrogens is 2. The largest absolute Gasteiger partial charge is 0.462 e. The number of ketones is 1. The van der Waals surface area contributed by atoms with E-state index >= 15 is 0 Å². The Morgan fingerprint density at radius 2 is 1.86 bits per heavy atom. The van der Waals surface area contributed by atoms with Gasteiger partial charge in [-0.15, -0.1) is 0 Å². The second kappa shape index (κ2) is 5.52. The summed E-state index contributed by atoms with van der Waals surface area (Å²) in [7, 11) is 1.83. The van der Waals surface area contributed by atoms with Crippen molar-refractivity contribution in [2.24, 2.45) is 7.05 Å². The van der Waals surface area contributed by atoms with E-state index in [2.05, 4.69) is 0 Å². The molecule has 0 bridgehead atoms. The number of carbonyl (C=O) groups is 2. The fourth-order valence-electron chi connectivity index (χ4n) is 2.53. The van der Waals surface area contributed by atoms with E-state index in [4.69, 9.17) is 4.74 Å². The third kappa shape index (κ3) is 2.20. The van der Waals surface area contributed by atoms with Crippen LogP contribution in [0.4, 0.5) is 0 Å². The number of imidazole rings is 1. The van der Waals surface area contributed by atoms with Crippen LogP contribution in [0.1, 0.15) is 33.3 Å². The number of fused-ring (bicyclic) bond motifs is 1. The van der Waals surface area contributed by atoms with Gasteiger partial charge in [-0.25, -0.2) is 4.79 Å². The van der Waals surface area contributed by atoms with E-state index < -0.39 is 5.97 Å². The Hall–Kier alpha value is -2.82. The molecule has 0 saturated carbocycles. The maximum atomic E-state index is 12.7. The Morgan fingerprint density at radius 1 is 1.14 bits per heavy atom. The number of ether oxygens (including phenoxy) is 1. The second-order valence-corrected chi connectivity index (χ2v) is 4.96. The van der Waals surface area contributed by atoms with Gasteiger partial charge in [-0.3, -0.25) is 9.20 Å². The van der Waals surface area contributed by atoms with Gasteiger partial charge >= 0.3 is 5.97 Å². The molecule has 2 aromatic heterocycles. The summed E-state index contributed by atoms with van der Waals surface area (Å²) in [6.07, 6.45) is 3.58. The first-order valence-electron chi connectivity index (χ1n) is 7.06. The predicted octanol–water partition coefficient (Wildman–Crippen LogP) is 2.69. The summed E-state index contributed by atoms with van der Waals surface area (Å²) in [5.74, 6) is -0.550. The van der Waals surface area contributed by atoms with Crippen LogP contribution >= 0.6 is 0 Å².